The van der Waals surface area contributed by atoms with Gasteiger partial charge in [0.15, 0.2) is 5.66 Å². The monoisotopic (exact) mass is 296 g/mol. The van der Waals surface area contributed by atoms with E-state index in [0.29, 0.717) is 12.3 Å². The fourth-order valence-corrected chi connectivity index (χ4v) is 2.93. The van der Waals surface area contributed by atoms with Crippen LogP contribution >= 0.6 is 0 Å². The summed E-state index contributed by atoms with van der Waals surface area (Å²) in [5.74, 6) is -0.124. The topological polar surface area (TPSA) is 68.5 Å². The van der Waals surface area contributed by atoms with Crippen molar-refractivity contribution in [3.8, 4) is 5.69 Å². The van der Waals surface area contributed by atoms with Gasteiger partial charge in [-0.1, -0.05) is 12.1 Å². The van der Waals surface area contributed by atoms with E-state index in [-0.39, 0.29) is 5.91 Å². The highest BCUT2D eigenvalue weighted by atomic mass is 16.5. The molecule has 0 aliphatic carbocycles. The van der Waals surface area contributed by atoms with Crippen LogP contribution in [0.15, 0.2) is 48.0 Å². The van der Waals surface area contributed by atoms with Gasteiger partial charge in [0.05, 0.1) is 12.9 Å². The van der Waals surface area contributed by atoms with E-state index in [1.165, 1.54) is 0 Å². The number of ether oxygens (including phenoxy) is 1. The largest absolute Gasteiger partial charge is 0.377 e. The highest BCUT2D eigenvalue weighted by Crippen LogP contribution is 2.26. The SMILES string of the molecule is O=C1NC2(CCCOC2)N=C1c1ccc(-n2ccnc2)cc1. The maximum absolute atomic E-state index is 12.2. The van der Waals surface area contributed by atoms with E-state index < -0.39 is 5.66 Å². The highest BCUT2D eigenvalue weighted by Gasteiger charge is 2.41. The number of rotatable bonds is 2. The minimum atomic E-state index is -0.562. The van der Waals surface area contributed by atoms with Gasteiger partial charge < -0.3 is 14.6 Å². The molecule has 3 heterocycles. The average Bonchev–Trinajstić information content (AvgIpc) is 3.17. The van der Waals surface area contributed by atoms with Crippen molar-refractivity contribution in [3.63, 3.8) is 0 Å². The Kier molecular flexibility index (Phi) is 3.04. The molecule has 112 valence electrons. The summed E-state index contributed by atoms with van der Waals surface area (Å²) in [5.41, 5.74) is 1.75. The third-order valence-electron chi connectivity index (χ3n) is 4.05. The molecule has 0 saturated carbocycles. The number of amides is 1. The minimum absolute atomic E-state index is 0.124. The first-order chi connectivity index (χ1) is 10.8. The van der Waals surface area contributed by atoms with E-state index in [9.17, 15) is 4.79 Å². The fraction of sp³-hybridized carbons (Fsp3) is 0.312. The maximum Gasteiger partial charge on any atom is 0.272 e. The molecule has 1 atom stereocenters. The molecule has 1 spiro atoms. The van der Waals surface area contributed by atoms with Crippen molar-refractivity contribution in [1.29, 1.82) is 0 Å². The molecule has 0 radical (unpaired) electrons. The molecule has 6 heteroatoms. The van der Waals surface area contributed by atoms with E-state index >= 15 is 0 Å². The van der Waals surface area contributed by atoms with Crippen LogP contribution in [0.2, 0.25) is 0 Å². The molecule has 2 aliphatic rings. The third-order valence-corrected chi connectivity index (χ3v) is 4.05. The molecule has 1 aromatic heterocycles. The first-order valence-corrected chi connectivity index (χ1v) is 7.35. The van der Waals surface area contributed by atoms with Crippen molar-refractivity contribution in [1.82, 2.24) is 14.9 Å². The Balaban J connectivity index is 1.64. The Hall–Kier alpha value is -2.47. The maximum atomic E-state index is 12.2. The number of hydrogen-bond donors (Lipinski definition) is 1. The zero-order valence-corrected chi connectivity index (χ0v) is 12.0. The molecule has 1 aromatic carbocycles. The predicted octanol–water partition coefficient (Wildman–Crippen LogP) is 1.30. The number of imidazole rings is 1. The Morgan fingerprint density at radius 2 is 2.14 bits per heavy atom. The van der Waals surface area contributed by atoms with Gasteiger partial charge in [0.1, 0.15) is 5.71 Å². The van der Waals surface area contributed by atoms with Crippen molar-refractivity contribution in [2.45, 2.75) is 18.5 Å². The van der Waals surface area contributed by atoms with Crippen molar-refractivity contribution in [2.75, 3.05) is 13.2 Å². The Bertz CT molecular complexity index is 713. The summed E-state index contributed by atoms with van der Waals surface area (Å²) in [4.78, 5) is 20.9. The van der Waals surface area contributed by atoms with Gasteiger partial charge in [0, 0.05) is 30.3 Å². The number of nitrogens with one attached hydrogen (secondary N) is 1. The summed E-state index contributed by atoms with van der Waals surface area (Å²) in [7, 11) is 0. The lowest BCUT2D eigenvalue weighted by Crippen LogP contribution is -2.48. The van der Waals surface area contributed by atoms with Gasteiger partial charge in [-0.05, 0) is 25.0 Å². The molecular formula is C16H16N4O2. The lowest BCUT2D eigenvalue weighted by Gasteiger charge is -2.30. The fourth-order valence-electron chi connectivity index (χ4n) is 2.93. The summed E-state index contributed by atoms with van der Waals surface area (Å²) in [5, 5.41) is 2.98. The molecule has 2 aliphatic heterocycles. The quantitative estimate of drug-likeness (QED) is 0.908. The summed E-state index contributed by atoms with van der Waals surface area (Å²) in [6, 6.07) is 7.73. The molecule has 1 amide bonds. The van der Waals surface area contributed by atoms with E-state index in [1.807, 2.05) is 35.0 Å². The summed E-state index contributed by atoms with van der Waals surface area (Å²) in [6.07, 6.45) is 7.09. The number of carbonyl (C=O) groups is 1. The zero-order valence-electron chi connectivity index (χ0n) is 12.0. The second-order valence-corrected chi connectivity index (χ2v) is 5.62. The van der Waals surface area contributed by atoms with Crippen molar-refractivity contribution in [3.05, 3.63) is 48.5 Å². The molecule has 1 saturated heterocycles. The smallest absolute Gasteiger partial charge is 0.272 e. The van der Waals surface area contributed by atoms with E-state index in [4.69, 9.17) is 4.74 Å². The molecule has 0 bridgehead atoms. The standard InChI is InChI=1S/C16H16N4O2/c21-15-14(18-16(19-15)6-1-9-22-10-16)12-2-4-13(5-3-12)20-8-7-17-11-20/h2-5,7-8,11H,1,6,9-10H2,(H,19,21). The van der Waals surface area contributed by atoms with Crippen molar-refractivity contribution in [2.24, 2.45) is 4.99 Å². The Labute approximate surface area is 127 Å². The molecular weight excluding hydrogens is 280 g/mol. The summed E-state index contributed by atoms with van der Waals surface area (Å²) < 4.78 is 7.39. The average molecular weight is 296 g/mol. The number of carbonyl (C=O) groups excluding carboxylic acids is 1. The number of aliphatic imine (C=N–C) groups is 1. The summed E-state index contributed by atoms with van der Waals surface area (Å²) in [6.45, 7) is 1.19. The van der Waals surface area contributed by atoms with Crippen LogP contribution in [0.4, 0.5) is 0 Å². The lowest BCUT2D eigenvalue weighted by molar-refractivity contribution is -0.116. The first-order valence-electron chi connectivity index (χ1n) is 7.35. The number of hydrogen-bond acceptors (Lipinski definition) is 4. The van der Waals surface area contributed by atoms with Crippen LogP contribution in [0.1, 0.15) is 18.4 Å². The van der Waals surface area contributed by atoms with Crippen molar-refractivity contribution < 1.29 is 9.53 Å². The summed E-state index contributed by atoms with van der Waals surface area (Å²) >= 11 is 0. The van der Waals surface area contributed by atoms with Crippen LogP contribution in [0.3, 0.4) is 0 Å². The number of aromatic nitrogens is 2. The van der Waals surface area contributed by atoms with Gasteiger partial charge >= 0.3 is 0 Å². The molecule has 22 heavy (non-hydrogen) atoms. The van der Waals surface area contributed by atoms with Crippen LogP contribution in [-0.2, 0) is 9.53 Å². The molecule has 2 aromatic rings. The molecule has 1 N–H and O–H groups in total. The number of nitrogens with zero attached hydrogens (tertiary/aromatic N) is 3. The van der Waals surface area contributed by atoms with Crippen LogP contribution in [-0.4, -0.2) is 40.0 Å². The van der Waals surface area contributed by atoms with Gasteiger partial charge in [0.2, 0.25) is 0 Å². The second-order valence-electron chi connectivity index (χ2n) is 5.62. The normalized spacial score (nSPS) is 24.4. The Morgan fingerprint density at radius 3 is 2.82 bits per heavy atom. The minimum Gasteiger partial charge on any atom is -0.377 e. The first kappa shape index (κ1) is 13.2. The van der Waals surface area contributed by atoms with Gasteiger partial charge in [-0.2, -0.15) is 0 Å². The lowest BCUT2D eigenvalue weighted by atomic mass is 10.0. The number of benzene rings is 1. The third kappa shape index (κ3) is 2.21. The zero-order chi connectivity index (χ0) is 15.0. The van der Waals surface area contributed by atoms with E-state index in [0.717, 1.165) is 30.7 Å². The highest BCUT2D eigenvalue weighted by molar-refractivity contribution is 6.46. The molecule has 1 unspecified atom stereocenters. The van der Waals surface area contributed by atoms with Gasteiger partial charge in [0.25, 0.3) is 5.91 Å². The molecule has 6 nitrogen and oxygen atoms in total. The molecule has 4 rings (SSSR count). The van der Waals surface area contributed by atoms with E-state index in [2.05, 4.69) is 15.3 Å². The second kappa shape index (κ2) is 5.06. The van der Waals surface area contributed by atoms with Crippen LogP contribution < -0.4 is 5.32 Å². The van der Waals surface area contributed by atoms with Gasteiger partial charge in [-0.3, -0.25) is 4.79 Å². The van der Waals surface area contributed by atoms with Gasteiger partial charge in [-0.15, -0.1) is 0 Å². The van der Waals surface area contributed by atoms with Crippen LogP contribution in [0, 0.1) is 0 Å². The predicted molar refractivity (Wildman–Crippen MR) is 81.0 cm³/mol. The van der Waals surface area contributed by atoms with Crippen LogP contribution in [0.5, 0.6) is 0 Å². The Morgan fingerprint density at radius 1 is 1.27 bits per heavy atom. The van der Waals surface area contributed by atoms with Crippen LogP contribution in [0.25, 0.3) is 5.69 Å². The molecule has 1 fully saturated rings. The van der Waals surface area contributed by atoms with E-state index in [1.54, 1.807) is 12.5 Å². The van der Waals surface area contributed by atoms with Crippen molar-refractivity contribution >= 4 is 11.6 Å². The van der Waals surface area contributed by atoms with Gasteiger partial charge in [-0.25, -0.2) is 9.98 Å².